The van der Waals surface area contributed by atoms with Crippen LogP contribution in [0.3, 0.4) is 0 Å². The van der Waals surface area contributed by atoms with Crippen LogP contribution in [0.15, 0.2) is 27.8 Å². The predicted molar refractivity (Wildman–Crippen MR) is 107 cm³/mol. The molecule has 1 fully saturated rings. The number of amides is 1. The Morgan fingerprint density at radius 3 is 2.75 bits per heavy atom. The van der Waals surface area contributed by atoms with E-state index in [4.69, 9.17) is 4.42 Å². The standard InChI is InChI=1S/C17H28N4O2.HI/c1-14(22)18-10-5-11-19-17(21-15-6-2-3-7-15)20-12-9-16-8-4-13-23-16;/h4,8,13,15H,2-3,5-7,9-12H2,1H3,(H,18,22)(H2,19,20,21);1H. The first-order valence-electron chi connectivity index (χ1n) is 8.55. The lowest BCUT2D eigenvalue weighted by Gasteiger charge is -2.17. The van der Waals surface area contributed by atoms with Crippen molar-refractivity contribution in [1.82, 2.24) is 16.0 Å². The van der Waals surface area contributed by atoms with Gasteiger partial charge >= 0.3 is 0 Å². The molecule has 1 aromatic rings. The number of nitrogens with one attached hydrogen (secondary N) is 3. The molecule has 0 atom stereocenters. The number of furan rings is 1. The van der Waals surface area contributed by atoms with Crippen molar-refractivity contribution < 1.29 is 9.21 Å². The molecule has 2 rings (SSSR count). The Hall–Kier alpha value is -1.25. The SMILES string of the molecule is CC(=O)NCCCN=C(NCCc1ccco1)NC1CCCC1.I. The number of nitrogens with zero attached hydrogens (tertiary/aromatic N) is 1. The number of carbonyl (C=O) groups is 1. The van der Waals surface area contributed by atoms with Crippen LogP contribution < -0.4 is 16.0 Å². The van der Waals surface area contributed by atoms with Gasteiger partial charge in [-0.05, 0) is 31.4 Å². The zero-order valence-electron chi connectivity index (χ0n) is 14.3. The molecule has 1 amide bonds. The smallest absolute Gasteiger partial charge is 0.216 e. The average Bonchev–Trinajstić information content (AvgIpc) is 3.19. The molecular formula is C17H29IN4O2. The molecule has 0 bridgehead atoms. The van der Waals surface area contributed by atoms with Gasteiger partial charge in [-0.15, -0.1) is 24.0 Å². The van der Waals surface area contributed by atoms with Crippen molar-refractivity contribution in [3.63, 3.8) is 0 Å². The number of guanidine groups is 1. The van der Waals surface area contributed by atoms with Crippen molar-refractivity contribution in [3.05, 3.63) is 24.2 Å². The molecule has 0 aliphatic heterocycles. The van der Waals surface area contributed by atoms with E-state index in [0.717, 1.165) is 31.1 Å². The van der Waals surface area contributed by atoms with Crippen LogP contribution in [0, 0.1) is 0 Å². The fraction of sp³-hybridized carbons (Fsp3) is 0.647. The third-order valence-corrected chi connectivity index (χ3v) is 3.92. The van der Waals surface area contributed by atoms with Crippen LogP contribution in [0.5, 0.6) is 0 Å². The maximum Gasteiger partial charge on any atom is 0.216 e. The van der Waals surface area contributed by atoms with E-state index in [1.54, 1.807) is 6.26 Å². The summed E-state index contributed by atoms with van der Waals surface area (Å²) in [6.07, 6.45) is 8.39. The first-order chi connectivity index (χ1) is 11.2. The van der Waals surface area contributed by atoms with Gasteiger partial charge in [-0.2, -0.15) is 0 Å². The predicted octanol–water partition coefficient (Wildman–Crippen LogP) is 2.44. The van der Waals surface area contributed by atoms with Gasteiger partial charge < -0.3 is 20.4 Å². The summed E-state index contributed by atoms with van der Waals surface area (Å²) < 4.78 is 5.34. The minimum absolute atomic E-state index is 0. The van der Waals surface area contributed by atoms with Gasteiger partial charge in [0.15, 0.2) is 5.96 Å². The van der Waals surface area contributed by atoms with Crippen LogP contribution in [-0.2, 0) is 11.2 Å². The monoisotopic (exact) mass is 448 g/mol. The largest absolute Gasteiger partial charge is 0.469 e. The van der Waals surface area contributed by atoms with Gasteiger partial charge in [0.05, 0.1) is 6.26 Å². The molecule has 0 spiro atoms. The van der Waals surface area contributed by atoms with Gasteiger partial charge in [0, 0.05) is 39.0 Å². The second-order valence-electron chi connectivity index (χ2n) is 5.95. The van der Waals surface area contributed by atoms with Gasteiger partial charge in [0.1, 0.15) is 5.76 Å². The lowest BCUT2D eigenvalue weighted by atomic mass is 10.2. The minimum atomic E-state index is 0. The van der Waals surface area contributed by atoms with E-state index < -0.39 is 0 Å². The fourth-order valence-electron chi connectivity index (χ4n) is 2.71. The molecule has 24 heavy (non-hydrogen) atoms. The van der Waals surface area contributed by atoms with Crippen LogP contribution in [0.2, 0.25) is 0 Å². The minimum Gasteiger partial charge on any atom is -0.469 e. The molecule has 1 saturated carbocycles. The zero-order valence-corrected chi connectivity index (χ0v) is 16.7. The summed E-state index contributed by atoms with van der Waals surface area (Å²) in [5, 5.41) is 9.69. The molecule has 0 unspecified atom stereocenters. The van der Waals surface area contributed by atoms with Crippen molar-refractivity contribution in [3.8, 4) is 0 Å². The number of carbonyl (C=O) groups excluding carboxylic acids is 1. The zero-order chi connectivity index (χ0) is 16.3. The second-order valence-corrected chi connectivity index (χ2v) is 5.95. The summed E-state index contributed by atoms with van der Waals surface area (Å²) in [5.74, 6) is 1.85. The normalized spacial score (nSPS) is 15.0. The van der Waals surface area contributed by atoms with Crippen molar-refractivity contribution in [2.75, 3.05) is 19.6 Å². The summed E-state index contributed by atoms with van der Waals surface area (Å²) >= 11 is 0. The molecule has 136 valence electrons. The van der Waals surface area contributed by atoms with Gasteiger partial charge in [-0.3, -0.25) is 9.79 Å². The first kappa shape index (κ1) is 20.8. The van der Waals surface area contributed by atoms with Crippen LogP contribution in [0.4, 0.5) is 0 Å². The molecule has 1 aromatic heterocycles. The number of hydrogen-bond acceptors (Lipinski definition) is 3. The average molecular weight is 448 g/mol. The maximum atomic E-state index is 10.8. The Balaban J connectivity index is 0.00000288. The molecule has 1 heterocycles. The molecule has 1 aliphatic rings. The quantitative estimate of drug-likeness (QED) is 0.247. The second kappa shape index (κ2) is 12.2. The molecule has 1 aliphatic carbocycles. The maximum absolute atomic E-state index is 10.8. The van der Waals surface area contributed by atoms with Gasteiger partial charge in [0.25, 0.3) is 0 Å². The Kier molecular flexibility index (Phi) is 10.5. The molecule has 0 radical (unpaired) electrons. The third kappa shape index (κ3) is 8.56. The summed E-state index contributed by atoms with van der Waals surface area (Å²) in [5.41, 5.74) is 0. The Morgan fingerprint density at radius 1 is 1.29 bits per heavy atom. The highest BCUT2D eigenvalue weighted by atomic mass is 127. The number of hydrogen-bond donors (Lipinski definition) is 3. The molecule has 7 heteroatoms. The lowest BCUT2D eigenvalue weighted by Crippen LogP contribution is -2.43. The summed E-state index contributed by atoms with van der Waals surface area (Å²) in [6, 6.07) is 4.42. The highest BCUT2D eigenvalue weighted by molar-refractivity contribution is 14.0. The molecular weight excluding hydrogens is 419 g/mol. The topological polar surface area (TPSA) is 78.7 Å². The van der Waals surface area contributed by atoms with Gasteiger partial charge in [-0.1, -0.05) is 12.8 Å². The van der Waals surface area contributed by atoms with E-state index in [1.165, 1.54) is 32.6 Å². The number of halogens is 1. The Bertz CT molecular complexity index is 485. The molecule has 0 aromatic carbocycles. The molecule has 6 nitrogen and oxygen atoms in total. The fourth-order valence-corrected chi connectivity index (χ4v) is 2.71. The van der Waals surface area contributed by atoms with Crippen LogP contribution in [0.25, 0.3) is 0 Å². The van der Waals surface area contributed by atoms with Crippen molar-refractivity contribution in [1.29, 1.82) is 0 Å². The summed E-state index contributed by atoms with van der Waals surface area (Å²) in [4.78, 5) is 15.5. The van der Waals surface area contributed by atoms with Crippen LogP contribution in [-0.4, -0.2) is 37.5 Å². The van der Waals surface area contributed by atoms with Crippen molar-refractivity contribution >= 4 is 35.8 Å². The van der Waals surface area contributed by atoms with Crippen molar-refractivity contribution in [2.24, 2.45) is 4.99 Å². The van der Waals surface area contributed by atoms with E-state index in [2.05, 4.69) is 20.9 Å². The highest BCUT2D eigenvalue weighted by Crippen LogP contribution is 2.17. The van der Waals surface area contributed by atoms with E-state index >= 15 is 0 Å². The van der Waals surface area contributed by atoms with Gasteiger partial charge in [0.2, 0.25) is 5.91 Å². The Labute approximate surface area is 161 Å². The van der Waals surface area contributed by atoms with Crippen LogP contribution >= 0.6 is 24.0 Å². The Morgan fingerprint density at radius 2 is 2.08 bits per heavy atom. The van der Waals surface area contributed by atoms with E-state index in [0.29, 0.717) is 19.1 Å². The molecule has 0 saturated heterocycles. The highest BCUT2D eigenvalue weighted by Gasteiger charge is 2.15. The van der Waals surface area contributed by atoms with Gasteiger partial charge in [-0.25, -0.2) is 0 Å². The number of aliphatic imine (C=N–C) groups is 1. The van der Waals surface area contributed by atoms with E-state index in [-0.39, 0.29) is 29.9 Å². The van der Waals surface area contributed by atoms with E-state index in [9.17, 15) is 4.79 Å². The van der Waals surface area contributed by atoms with E-state index in [1.807, 2.05) is 12.1 Å². The van der Waals surface area contributed by atoms with Crippen molar-refractivity contribution in [2.45, 2.75) is 51.5 Å². The first-order valence-corrected chi connectivity index (χ1v) is 8.55. The van der Waals surface area contributed by atoms with Crippen LogP contribution in [0.1, 0.15) is 44.8 Å². The number of rotatable bonds is 8. The third-order valence-electron chi connectivity index (χ3n) is 3.92. The summed E-state index contributed by atoms with van der Waals surface area (Å²) in [7, 11) is 0. The lowest BCUT2D eigenvalue weighted by molar-refractivity contribution is -0.118. The summed E-state index contributed by atoms with van der Waals surface area (Å²) in [6.45, 7) is 3.69. The molecule has 3 N–H and O–H groups in total.